The summed E-state index contributed by atoms with van der Waals surface area (Å²) in [5, 5.41) is 16.5. The van der Waals surface area contributed by atoms with Crippen molar-refractivity contribution in [1.82, 2.24) is 10.2 Å². The number of nitrogen functional groups attached to an aromatic ring is 1. The zero-order valence-corrected chi connectivity index (χ0v) is 12.8. The molecule has 0 fully saturated rings. The molecule has 0 radical (unpaired) electrons. The van der Waals surface area contributed by atoms with E-state index < -0.39 is 6.10 Å². The van der Waals surface area contributed by atoms with Gasteiger partial charge in [0.2, 0.25) is 0 Å². The maximum absolute atomic E-state index is 9.97. The van der Waals surface area contributed by atoms with Gasteiger partial charge in [0.25, 0.3) is 0 Å². The molecule has 0 spiro atoms. The quantitative estimate of drug-likeness (QED) is 0.405. The van der Waals surface area contributed by atoms with E-state index >= 15 is 0 Å². The van der Waals surface area contributed by atoms with Gasteiger partial charge in [-0.3, -0.25) is 10.2 Å². The van der Waals surface area contributed by atoms with Gasteiger partial charge >= 0.3 is 0 Å². The molecule has 0 aliphatic heterocycles. The maximum Gasteiger partial charge on any atom is 0.0837 e. The second-order valence-corrected chi connectivity index (χ2v) is 4.96. The summed E-state index contributed by atoms with van der Waals surface area (Å²) in [4.78, 5) is 2.31. The molecule has 1 aromatic carbocycles. The van der Waals surface area contributed by atoms with Crippen molar-refractivity contribution < 1.29 is 5.11 Å². The molecule has 5 nitrogen and oxygen atoms in total. The fraction of sp³-hybridized carbons (Fsp3) is 0.600. The first-order chi connectivity index (χ1) is 9.56. The Hall–Kier alpha value is -1.30. The maximum atomic E-state index is 9.97. The highest BCUT2D eigenvalue weighted by Crippen LogP contribution is 2.10. The molecule has 5 heteroatoms. The minimum Gasteiger partial charge on any atom is -0.399 e. The Bertz CT molecular complexity index is 365. The van der Waals surface area contributed by atoms with Gasteiger partial charge in [0, 0.05) is 24.5 Å². The number of anilines is 2. The molecule has 0 aliphatic carbocycles. The van der Waals surface area contributed by atoms with Crippen LogP contribution < -0.4 is 16.4 Å². The summed E-state index contributed by atoms with van der Waals surface area (Å²) in [7, 11) is 0. The third-order valence-corrected chi connectivity index (χ3v) is 3.46. The molecule has 2 atom stereocenters. The van der Waals surface area contributed by atoms with E-state index in [1.807, 2.05) is 24.3 Å². The van der Waals surface area contributed by atoms with Crippen LogP contribution in [0.5, 0.6) is 0 Å². The third kappa shape index (κ3) is 5.77. The van der Waals surface area contributed by atoms with Gasteiger partial charge in [-0.05, 0) is 44.3 Å². The number of aliphatic hydroxyl groups excluding tert-OH is 1. The van der Waals surface area contributed by atoms with Crippen LogP contribution in [0.3, 0.4) is 0 Å². The molecule has 5 N–H and O–H groups in total. The zero-order valence-electron chi connectivity index (χ0n) is 12.8. The predicted molar refractivity (Wildman–Crippen MR) is 85.7 cm³/mol. The van der Waals surface area contributed by atoms with Crippen molar-refractivity contribution >= 4 is 11.4 Å². The first-order valence-corrected chi connectivity index (χ1v) is 7.31. The van der Waals surface area contributed by atoms with E-state index in [1.54, 1.807) is 0 Å². The van der Waals surface area contributed by atoms with Crippen molar-refractivity contribution in [2.24, 2.45) is 0 Å². The molecule has 2 unspecified atom stereocenters. The highest BCUT2D eigenvalue weighted by atomic mass is 16.3. The Morgan fingerprint density at radius 2 is 1.75 bits per heavy atom. The summed E-state index contributed by atoms with van der Waals surface area (Å²) in [5.41, 5.74) is 7.34. The van der Waals surface area contributed by atoms with Crippen molar-refractivity contribution in [3.8, 4) is 0 Å². The van der Waals surface area contributed by atoms with Crippen LogP contribution in [0.1, 0.15) is 20.8 Å². The minimum atomic E-state index is -0.425. The predicted octanol–water partition coefficient (Wildman–Crippen LogP) is 1.32. The van der Waals surface area contributed by atoms with Crippen LogP contribution in [0.2, 0.25) is 0 Å². The summed E-state index contributed by atoms with van der Waals surface area (Å²) in [6.45, 7) is 9.49. The number of aliphatic hydroxyl groups is 1. The molecule has 0 saturated carbocycles. The van der Waals surface area contributed by atoms with E-state index in [0.717, 1.165) is 24.5 Å². The van der Waals surface area contributed by atoms with Gasteiger partial charge < -0.3 is 16.2 Å². The Balaban J connectivity index is 2.26. The molecular formula is C15H28N4O. The summed E-state index contributed by atoms with van der Waals surface area (Å²) in [5.74, 6) is 0. The van der Waals surface area contributed by atoms with Gasteiger partial charge in [-0.25, -0.2) is 0 Å². The molecule has 0 amide bonds. The number of hydrogen-bond acceptors (Lipinski definition) is 5. The lowest BCUT2D eigenvalue weighted by atomic mass is 10.2. The summed E-state index contributed by atoms with van der Waals surface area (Å²) < 4.78 is 0. The second-order valence-electron chi connectivity index (χ2n) is 4.96. The summed E-state index contributed by atoms with van der Waals surface area (Å²) in [6.07, 6.45) is -0.151. The van der Waals surface area contributed by atoms with Crippen molar-refractivity contribution in [2.75, 3.05) is 37.2 Å². The number of benzene rings is 1. The molecule has 0 saturated heterocycles. The van der Waals surface area contributed by atoms with Crippen LogP contribution in [0.25, 0.3) is 0 Å². The Morgan fingerprint density at radius 3 is 2.30 bits per heavy atom. The number of nitrogens with zero attached hydrogens (tertiary/aromatic N) is 1. The highest BCUT2D eigenvalue weighted by Gasteiger charge is 2.11. The average Bonchev–Trinajstić information content (AvgIpc) is 2.45. The minimum absolute atomic E-state index is 0.274. The van der Waals surface area contributed by atoms with Crippen LogP contribution in [0.4, 0.5) is 11.4 Å². The first-order valence-electron chi connectivity index (χ1n) is 7.31. The van der Waals surface area contributed by atoms with Crippen LogP contribution >= 0.6 is 0 Å². The van der Waals surface area contributed by atoms with Gasteiger partial charge in [0.1, 0.15) is 0 Å². The van der Waals surface area contributed by atoms with Crippen molar-refractivity contribution in [2.45, 2.75) is 33.0 Å². The average molecular weight is 280 g/mol. The highest BCUT2D eigenvalue weighted by molar-refractivity contribution is 5.51. The lowest BCUT2D eigenvalue weighted by Crippen LogP contribution is -2.46. The fourth-order valence-electron chi connectivity index (χ4n) is 2.12. The second kappa shape index (κ2) is 8.79. The molecule has 0 bridgehead atoms. The number of nitrogens with two attached hydrogens (primary N) is 1. The number of hydrogen-bond donors (Lipinski definition) is 4. The monoisotopic (exact) mass is 280 g/mol. The van der Waals surface area contributed by atoms with E-state index in [9.17, 15) is 5.11 Å². The standard InChI is InChI=1S/C15H28N4O/c1-4-19(5-2)12(3)17-10-15(20)11-18-14-8-6-13(16)7-9-14/h6-9,12,15,17-18,20H,4-5,10-11,16H2,1-3H3. The molecule has 0 aromatic heterocycles. The SMILES string of the molecule is CCN(CC)C(C)NCC(O)CNc1ccc(N)cc1. The van der Waals surface area contributed by atoms with Crippen LogP contribution in [0, 0.1) is 0 Å². The van der Waals surface area contributed by atoms with Gasteiger partial charge in [-0.2, -0.15) is 0 Å². The van der Waals surface area contributed by atoms with E-state index in [0.29, 0.717) is 13.1 Å². The van der Waals surface area contributed by atoms with Crippen molar-refractivity contribution in [1.29, 1.82) is 0 Å². The number of nitrogens with one attached hydrogen (secondary N) is 2. The topological polar surface area (TPSA) is 73.5 Å². The van der Waals surface area contributed by atoms with Gasteiger partial charge in [-0.15, -0.1) is 0 Å². The van der Waals surface area contributed by atoms with E-state index in [1.165, 1.54) is 0 Å². The lowest BCUT2D eigenvalue weighted by Gasteiger charge is -2.28. The van der Waals surface area contributed by atoms with Crippen molar-refractivity contribution in [3.63, 3.8) is 0 Å². The fourth-order valence-corrected chi connectivity index (χ4v) is 2.12. The summed E-state index contributed by atoms with van der Waals surface area (Å²) in [6, 6.07) is 7.51. The lowest BCUT2D eigenvalue weighted by molar-refractivity contribution is 0.144. The molecule has 0 aliphatic rings. The Morgan fingerprint density at radius 1 is 1.15 bits per heavy atom. The van der Waals surface area contributed by atoms with E-state index in [2.05, 4.69) is 36.3 Å². The Labute approximate surface area is 122 Å². The van der Waals surface area contributed by atoms with E-state index in [4.69, 9.17) is 5.73 Å². The van der Waals surface area contributed by atoms with Crippen LogP contribution in [0.15, 0.2) is 24.3 Å². The smallest absolute Gasteiger partial charge is 0.0837 e. The number of rotatable bonds is 9. The largest absolute Gasteiger partial charge is 0.399 e. The van der Waals surface area contributed by atoms with Crippen LogP contribution in [-0.4, -0.2) is 48.5 Å². The zero-order chi connectivity index (χ0) is 15.0. The van der Waals surface area contributed by atoms with E-state index in [-0.39, 0.29) is 6.17 Å². The Kier molecular flexibility index (Phi) is 7.36. The molecule has 114 valence electrons. The van der Waals surface area contributed by atoms with Gasteiger partial charge in [0.05, 0.1) is 12.3 Å². The molecule has 20 heavy (non-hydrogen) atoms. The third-order valence-electron chi connectivity index (χ3n) is 3.46. The molecule has 1 rings (SSSR count). The first kappa shape index (κ1) is 16.8. The summed E-state index contributed by atoms with van der Waals surface area (Å²) >= 11 is 0. The molecule has 0 heterocycles. The molecule has 1 aromatic rings. The normalized spacial score (nSPS) is 14.2. The molecular weight excluding hydrogens is 252 g/mol. The van der Waals surface area contributed by atoms with Gasteiger partial charge in [0.15, 0.2) is 0 Å². The van der Waals surface area contributed by atoms with Crippen molar-refractivity contribution in [3.05, 3.63) is 24.3 Å². The van der Waals surface area contributed by atoms with Crippen LogP contribution in [-0.2, 0) is 0 Å². The van der Waals surface area contributed by atoms with Gasteiger partial charge in [-0.1, -0.05) is 13.8 Å².